The summed E-state index contributed by atoms with van der Waals surface area (Å²) in [7, 11) is 0. The van der Waals surface area contributed by atoms with Gasteiger partial charge in [0.1, 0.15) is 0 Å². The SMILES string of the molecule is CC(C)CC(O)CNCC(N)=NO. The quantitative estimate of drug-likeness (QED) is 0.200. The summed E-state index contributed by atoms with van der Waals surface area (Å²) in [4.78, 5) is 0. The number of nitrogens with zero attached hydrogens (tertiary/aromatic N) is 1. The summed E-state index contributed by atoms with van der Waals surface area (Å²) in [5, 5.41) is 23.3. The molecule has 0 saturated heterocycles. The van der Waals surface area contributed by atoms with Crippen molar-refractivity contribution in [1.29, 1.82) is 0 Å². The van der Waals surface area contributed by atoms with Gasteiger partial charge in [0.2, 0.25) is 0 Å². The van der Waals surface area contributed by atoms with Gasteiger partial charge in [-0.05, 0) is 12.3 Å². The summed E-state index contributed by atoms with van der Waals surface area (Å²) in [6.07, 6.45) is 0.384. The van der Waals surface area contributed by atoms with Crippen molar-refractivity contribution in [1.82, 2.24) is 5.32 Å². The third-order valence-electron chi connectivity index (χ3n) is 1.56. The van der Waals surface area contributed by atoms with Crippen LogP contribution >= 0.6 is 0 Å². The molecule has 0 aliphatic carbocycles. The van der Waals surface area contributed by atoms with Crippen LogP contribution in [0.15, 0.2) is 5.16 Å². The number of hydrogen-bond donors (Lipinski definition) is 4. The molecule has 0 saturated carbocycles. The van der Waals surface area contributed by atoms with Crippen LogP contribution in [0, 0.1) is 5.92 Å². The molecule has 0 heterocycles. The maximum atomic E-state index is 9.40. The molecule has 78 valence electrons. The minimum atomic E-state index is -0.369. The summed E-state index contributed by atoms with van der Waals surface area (Å²) >= 11 is 0. The van der Waals surface area contributed by atoms with Crippen LogP contribution in [-0.2, 0) is 0 Å². The first-order valence-corrected chi connectivity index (χ1v) is 4.41. The Hall–Kier alpha value is -0.810. The fourth-order valence-electron chi connectivity index (χ4n) is 1.03. The van der Waals surface area contributed by atoms with E-state index in [0.29, 0.717) is 19.0 Å². The molecule has 0 bridgehead atoms. The van der Waals surface area contributed by atoms with E-state index < -0.39 is 0 Å². The normalized spacial score (nSPS) is 14.9. The average molecular weight is 189 g/mol. The van der Waals surface area contributed by atoms with Gasteiger partial charge in [-0.3, -0.25) is 0 Å². The number of aliphatic hydroxyl groups excluding tert-OH is 1. The molecule has 1 atom stereocenters. The van der Waals surface area contributed by atoms with E-state index in [0.717, 1.165) is 6.42 Å². The molecule has 0 amide bonds. The predicted molar refractivity (Wildman–Crippen MR) is 51.7 cm³/mol. The molecule has 5 N–H and O–H groups in total. The number of nitrogens with one attached hydrogen (secondary N) is 1. The van der Waals surface area contributed by atoms with Crippen molar-refractivity contribution in [2.75, 3.05) is 13.1 Å². The molecule has 13 heavy (non-hydrogen) atoms. The van der Waals surface area contributed by atoms with Gasteiger partial charge in [0.25, 0.3) is 0 Å². The molecule has 0 fully saturated rings. The highest BCUT2D eigenvalue weighted by molar-refractivity contribution is 5.81. The zero-order chi connectivity index (χ0) is 10.3. The van der Waals surface area contributed by atoms with Gasteiger partial charge in [0.05, 0.1) is 12.6 Å². The Labute approximate surface area is 78.6 Å². The third kappa shape index (κ3) is 7.55. The summed E-state index contributed by atoms with van der Waals surface area (Å²) in [5.41, 5.74) is 5.22. The van der Waals surface area contributed by atoms with Gasteiger partial charge >= 0.3 is 0 Å². The molecule has 5 nitrogen and oxygen atoms in total. The topological polar surface area (TPSA) is 90.9 Å². The van der Waals surface area contributed by atoms with Crippen LogP contribution < -0.4 is 11.1 Å². The molecule has 0 aromatic rings. The Morgan fingerprint density at radius 3 is 2.62 bits per heavy atom. The molecule has 0 aliphatic rings. The van der Waals surface area contributed by atoms with Crippen LogP contribution in [0.2, 0.25) is 0 Å². The van der Waals surface area contributed by atoms with Crippen molar-refractivity contribution in [2.24, 2.45) is 16.8 Å². The highest BCUT2D eigenvalue weighted by atomic mass is 16.4. The van der Waals surface area contributed by atoms with Gasteiger partial charge in [-0.15, -0.1) is 0 Å². The van der Waals surface area contributed by atoms with E-state index in [9.17, 15) is 5.11 Å². The largest absolute Gasteiger partial charge is 0.409 e. The molecular formula is C8H19N3O2. The van der Waals surface area contributed by atoms with Crippen LogP contribution in [0.4, 0.5) is 0 Å². The lowest BCUT2D eigenvalue weighted by Gasteiger charge is -2.13. The van der Waals surface area contributed by atoms with E-state index in [1.54, 1.807) is 0 Å². The Balaban J connectivity index is 3.42. The van der Waals surface area contributed by atoms with Crippen LogP contribution in [0.5, 0.6) is 0 Å². The summed E-state index contributed by atoms with van der Waals surface area (Å²) in [6, 6.07) is 0. The Kier molecular flexibility index (Phi) is 6.26. The van der Waals surface area contributed by atoms with Crippen LogP contribution in [0.1, 0.15) is 20.3 Å². The lowest BCUT2D eigenvalue weighted by Crippen LogP contribution is -2.34. The lowest BCUT2D eigenvalue weighted by atomic mass is 10.1. The second-order valence-corrected chi connectivity index (χ2v) is 3.51. The van der Waals surface area contributed by atoms with Crippen molar-refractivity contribution in [3.8, 4) is 0 Å². The lowest BCUT2D eigenvalue weighted by molar-refractivity contribution is 0.148. The van der Waals surface area contributed by atoms with Crippen molar-refractivity contribution in [3.05, 3.63) is 0 Å². The second-order valence-electron chi connectivity index (χ2n) is 3.51. The monoisotopic (exact) mass is 189 g/mol. The smallest absolute Gasteiger partial charge is 0.153 e. The number of rotatable bonds is 6. The standard InChI is InChI=1S/C8H19N3O2/c1-6(2)3-7(12)4-10-5-8(9)11-13/h6-7,10,12-13H,3-5H2,1-2H3,(H2,9,11). The van der Waals surface area contributed by atoms with E-state index in [4.69, 9.17) is 10.9 Å². The first-order valence-electron chi connectivity index (χ1n) is 4.41. The molecule has 0 aromatic heterocycles. The molecule has 0 radical (unpaired) electrons. The maximum Gasteiger partial charge on any atom is 0.153 e. The number of aliphatic hydroxyl groups is 1. The zero-order valence-corrected chi connectivity index (χ0v) is 8.20. The number of hydrogen-bond acceptors (Lipinski definition) is 4. The van der Waals surface area contributed by atoms with E-state index >= 15 is 0 Å². The van der Waals surface area contributed by atoms with Crippen molar-refractivity contribution >= 4 is 5.84 Å². The van der Waals surface area contributed by atoms with Crippen LogP contribution in [-0.4, -0.2) is 35.3 Å². The van der Waals surface area contributed by atoms with E-state index in [1.807, 2.05) is 13.8 Å². The maximum absolute atomic E-state index is 9.40. The fraction of sp³-hybridized carbons (Fsp3) is 0.875. The first-order chi connectivity index (χ1) is 6.06. The second kappa shape index (κ2) is 6.68. The van der Waals surface area contributed by atoms with E-state index in [2.05, 4.69) is 10.5 Å². The minimum Gasteiger partial charge on any atom is -0.409 e. The third-order valence-corrected chi connectivity index (χ3v) is 1.56. The molecule has 5 heteroatoms. The van der Waals surface area contributed by atoms with Crippen molar-refractivity contribution in [3.63, 3.8) is 0 Å². The first kappa shape index (κ1) is 12.2. The van der Waals surface area contributed by atoms with Gasteiger partial charge in [0.15, 0.2) is 5.84 Å². The number of amidine groups is 1. The number of nitrogens with two attached hydrogens (primary N) is 1. The predicted octanol–water partition coefficient (Wildman–Crippen LogP) is -0.271. The summed E-state index contributed by atoms with van der Waals surface area (Å²) in [5.74, 6) is 0.595. The Morgan fingerprint density at radius 2 is 2.15 bits per heavy atom. The molecule has 0 aliphatic heterocycles. The Morgan fingerprint density at radius 1 is 1.54 bits per heavy atom. The zero-order valence-electron chi connectivity index (χ0n) is 8.20. The molecular weight excluding hydrogens is 170 g/mol. The van der Waals surface area contributed by atoms with Gasteiger partial charge in [-0.1, -0.05) is 19.0 Å². The molecule has 1 unspecified atom stereocenters. The average Bonchev–Trinajstić information content (AvgIpc) is 2.02. The summed E-state index contributed by atoms with van der Waals surface area (Å²) in [6.45, 7) is 4.86. The van der Waals surface area contributed by atoms with E-state index in [-0.39, 0.29) is 11.9 Å². The van der Waals surface area contributed by atoms with Crippen molar-refractivity contribution < 1.29 is 10.3 Å². The highest BCUT2D eigenvalue weighted by Gasteiger charge is 2.06. The highest BCUT2D eigenvalue weighted by Crippen LogP contribution is 2.02. The molecule has 0 rings (SSSR count). The van der Waals surface area contributed by atoms with Crippen LogP contribution in [0.25, 0.3) is 0 Å². The minimum absolute atomic E-state index is 0.122. The van der Waals surface area contributed by atoms with Gasteiger partial charge in [0, 0.05) is 6.54 Å². The molecule has 0 aromatic carbocycles. The van der Waals surface area contributed by atoms with Gasteiger partial charge < -0.3 is 21.4 Å². The van der Waals surface area contributed by atoms with Crippen LogP contribution in [0.3, 0.4) is 0 Å². The van der Waals surface area contributed by atoms with E-state index in [1.165, 1.54) is 0 Å². The summed E-state index contributed by atoms with van der Waals surface area (Å²) < 4.78 is 0. The van der Waals surface area contributed by atoms with Gasteiger partial charge in [-0.25, -0.2) is 0 Å². The Bertz CT molecular complexity index is 159. The van der Waals surface area contributed by atoms with Gasteiger partial charge in [-0.2, -0.15) is 0 Å². The molecule has 0 spiro atoms. The fourth-order valence-corrected chi connectivity index (χ4v) is 1.03. The van der Waals surface area contributed by atoms with Crippen molar-refractivity contribution in [2.45, 2.75) is 26.4 Å². The number of oxime groups is 1.